The largest absolute Gasteiger partial charge is 0.494 e. The van der Waals surface area contributed by atoms with E-state index in [0.717, 1.165) is 40.5 Å². The van der Waals surface area contributed by atoms with Gasteiger partial charge in [-0.2, -0.15) is 0 Å². The minimum absolute atomic E-state index is 0.232. The molecule has 0 fully saturated rings. The van der Waals surface area contributed by atoms with E-state index in [9.17, 15) is 4.79 Å². The second-order valence-corrected chi connectivity index (χ2v) is 9.53. The van der Waals surface area contributed by atoms with Crippen LogP contribution >= 0.6 is 11.8 Å². The summed E-state index contributed by atoms with van der Waals surface area (Å²) in [5.41, 5.74) is 2.19. The van der Waals surface area contributed by atoms with E-state index >= 15 is 0 Å². The van der Waals surface area contributed by atoms with E-state index in [2.05, 4.69) is 18.2 Å². The maximum Gasteiger partial charge on any atom is 0.335 e. The zero-order chi connectivity index (χ0) is 24.5. The van der Waals surface area contributed by atoms with E-state index in [1.165, 1.54) is 5.56 Å². The number of para-hydroxylation sites is 2. The van der Waals surface area contributed by atoms with Gasteiger partial charge in [0.1, 0.15) is 17.2 Å². The van der Waals surface area contributed by atoms with Gasteiger partial charge < -0.3 is 18.9 Å². The zero-order valence-corrected chi connectivity index (χ0v) is 21.1. The highest BCUT2D eigenvalue weighted by Crippen LogP contribution is 2.49. The topological polar surface area (TPSA) is 54.0 Å². The van der Waals surface area contributed by atoms with Crippen molar-refractivity contribution in [2.75, 3.05) is 19.8 Å². The van der Waals surface area contributed by atoms with Crippen LogP contribution in [0.5, 0.6) is 17.2 Å². The van der Waals surface area contributed by atoms with Gasteiger partial charge in [0, 0.05) is 23.8 Å². The van der Waals surface area contributed by atoms with Crippen molar-refractivity contribution >= 4 is 17.7 Å². The number of esters is 1. The van der Waals surface area contributed by atoms with Gasteiger partial charge in [-0.1, -0.05) is 49.4 Å². The average molecular weight is 493 g/mol. The van der Waals surface area contributed by atoms with Crippen molar-refractivity contribution in [3.05, 3.63) is 83.9 Å². The van der Waals surface area contributed by atoms with Gasteiger partial charge in [0.15, 0.2) is 6.10 Å². The number of benzene rings is 3. The molecule has 5 nitrogen and oxygen atoms in total. The Bertz CT molecular complexity index is 1100. The Morgan fingerprint density at radius 1 is 0.943 bits per heavy atom. The summed E-state index contributed by atoms with van der Waals surface area (Å²) in [7, 11) is 0. The van der Waals surface area contributed by atoms with Crippen LogP contribution in [0.4, 0.5) is 0 Å². The molecule has 184 valence electrons. The third kappa shape index (κ3) is 6.80. The molecule has 0 bridgehead atoms. The number of ether oxygens (including phenoxy) is 4. The number of carbonyl (C=O) groups excluding carboxylic acids is 1. The maximum absolute atomic E-state index is 12.2. The predicted molar refractivity (Wildman–Crippen MR) is 138 cm³/mol. The minimum atomic E-state index is -0.584. The predicted octanol–water partition coefficient (Wildman–Crippen LogP) is 7.00. The van der Waals surface area contributed by atoms with E-state index < -0.39 is 6.10 Å². The summed E-state index contributed by atoms with van der Waals surface area (Å²) < 4.78 is 23.2. The van der Waals surface area contributed by atoms with Crippen molar-refractivity contribution in [3.63, 3.8) is 0 Å². The molecule has 3 aromatic rings. The molecule has 0 radical (unpaired) electrons. The third-order valence-corrected chi connectivity index (χ3v) is 7.04. The minimum Gasteiger partial charge on any atom is -0.494 e. The van der Waals surface area contributed by atoms with Crippen molar-refractivity contribution in [2.24, 2.45) is 0 Å². The molecule has 4 rings (SSSR count). The van der Waals surface area contributed by atoms with Crippen molar-refractivity contribution in [1.82, 2.24) is 0 Å². The van der Waals surface area contributed by atoms with Crippen LogP contribution < -0.4 is 9.47 Å². The van der Waals surface area contributed by atoms with Gasteiger partial charge in [-0.15, -0.1) is 11.8 Å². The van der Waals surface area contributed by atoms with Crippen LogP contribution in [0.1, 0.15) is 43.1 Å². The summed E-state index contributed by atoms with van der Waals surface area (Å²) in [6.07, 6.45) is 1.59. The lowest BCUT2D eigenvalue weighted by atomic mass is 10.1. The standard InChI is InChI=1S/C29H32O5S/c1-3-18-33-26(29(30)31-4-2)20-21-13-15-22(16-14-21)32-19-17-27-23-9-5-6-10-24(23)34-25-11-7-8-12-28(25)35-27/h5-16,26-27H,3-4,17-20H2,1-2H3. The smallest absolute Gasteiger partial charge is 0.335 e. The third-order valence-electron chi connectivity index (χ3n) is 5.67. The van der Waals surface area contributed by atoms with Gasteiger partial charge in [0.2, 0.25) is 0 Å². The van der Waals surface area contributed by atoms with Crippen LogP contribution in [0.25, 0.3) is 0 Å². The summed E-state index contributed by atoms with van der Waals surface area (Å²) in [5, 5.41) is 0.232. The molecule has 35 heavy (non-hydrogen) atoms. The van der Waals surface area contributed by atoms with Crippen LogP contribution in [0, 0.1) is 0 Å². The number of hydrogen-bond acceptors (Lipinski definition) is 6. The fraction of sp³-hybridized carbons (Fsp3) is 0.345. The monoisotopic (exact) mass is 492 g/mol. The first-order valence-corrected chi connectivity index (χ1v) is 13.1. The molecule has 1 heterocycles. The van der Waals surface area contributed by atoms with E-state index in [4.69, 9.17) is 18.9 Å². The first-order chi connectivity index (χ1) is 17.2. The maximum atomic E-state index is 12.2. The molecule has 0 saturated carbocycles. The number of carbonyl (C=O) groups is 1. The molecule has 0 aromatic heterocycles. The molecule has 0 saturated heterocycles. The lowest BCUT2D eigenvalue weighted by Crippen LogP contribution is -2.29. The Hall–Kier alpha value is -2.96. The normalized spacial score (nSPS) is 15.2. The molecule has 0 N–H and O–H groups in total. The zero-order valence-electron chi connectivity index (χ0n) is 20.3. The summed E-state index contributed by atoms with van der Waals surface area (Å²) in [4.78, 5) is 13.4. The highest BCUT2D eigenvalue weighted by molar-refractivity contribution is 7.99. The summed E-state index contributed by atoms with van der Waals surface area (Å²) in [6.45, 7) is 5.28. The van der Waals surface area contributed by atoms with E-state index in [1.807, 2.05) is 73.3 Å². The molecule has 3 aromatic carbocycles. The molecule has 0 aliphatic carbocycles. The number of hydrogen-bond donors (Lipinski definition) is 0. The van der Waals surface area contributed by atoms with Gasteiger partial charge >= 0.3 is 5.97 Å². The SMILES string of the molecule is CCCOC(Cc1ccc(OCCC2Sc3ccccc3Oc3ccccc32)cc1)C(=O)OCC. The van der Waals surface area contributed by atoms with Crippen molar-refractivity contribution in [3.8, 4) is 17.2 Å². The van der Waals surface area contributed by atoms with Gasteiger partial charge in [0.05, 0.1) is 18.1 Å². The fourth-order valence-electron chi connectivity index (χ4n) is 3.95. The van der Waals surface area contributed by atoms with Crippen LogP contribution in [-0.4, -0.2) is 31.9 Å². The van der Waals surface area contributed by atoms with Crippen LogP contribution in [-0.2, 0) is 20.7 Å². The van der Waals surface area contributed by atoms with Crippen molar-refractivity contribution < 1.29 is 23.7 Å². The molecule has 1 aliphatic heterocycles. The van der Waals surface area contributed by atoms with E-state index in [-0.39, 0.29) is 11.2 Å². The molecule has 0 spiro atoms. The van der Waals surface area contributed by atoms with Crippen LogP contribution in [0.2, 0.25) is 0 Å². The summed E-state index contributed by atoms with van der Waals surface area (Å²) >= 11 is 1.82. The van der Waals surface area contributed by atoms with E-state index in [1.54, 1.807) is 6.92 Å². The lowest BCUT2D eigenvalue weighted by molar-refractivity contribution is -0.156. The first kappa shape index (κ1) is 25.1. The molecule has 6 heteroatoms. The summed E-state index contributed by atoms with van der Waals surface area (Å²) in [6, 6.07) is 24.2. The second kappa shape index (κ2) is 12.7. The Morgan fingerprint density at radius 3 is 2.46 bits per heavy atom. The van der Waals surface area contributed by atoms with Gasteiger partial charge in [-0.25, -0.2) is 4.79 Å². The van der Waals surface area contributed by atoms with Gasteiger partial charge in [-0.3, -0.25) is 0 Å². The van der Waals surface area contributed by atoms with Crippen LogP contribution in [0.3, 0.4) is 0 Å². The number of thioether (sulfide) groups is 1. The highest BCUT2D eigenvalue weighted by Gasteiger charge is 2.24. The Morgan fingerprint density at radius 2 is 1.69 bits per heavy atom. The second-order valence-electron chi connectivity index (χ2n) is 8.29. The molecule has 0 amide bonds. The number of fused-ring (bicyclic) bond motifs is 2. The average Bonchev–Trinajstić information content (AvgIpc) is 3.04. The van der Waals surface area contributed by atoms with Crippen LogP contribution in [0.15, 0.2) is 77.7 Å². The van der Waals surface area contributed by atoms with E-state index in [0.29, 0.717) is 26.2 Å². The molecular formula is C29H32O5S. The summed E-state index contributed by atoms with van der Waals surface area (Å²) in [5.74, 6) is 2.29. The molecule has 1 aliphatic rings. The Kier molecular flexibility index (Phi) is 9.09. The lowest BCUT2D eigenvalue weighted by Gasteiger charge is -2.17. The molecule has 2 atom stereocenters. The van der Waals surface area contributed by atoms with Crippen molar-refractivity contribution in [2.45, 2.75) is 49.4 Å². The molecular weight excluding hydrogens is 460 g/mol. The van der Waals surface area contributed by atoms with Gasteiger partial charge in [0.25, 0.3) is 0 Å². The van der Waals surface area contributed by atoms with Gasteiger partial charge in [-0.05, 0) is 55.7 Å². The Labute approximate surface area is 211 Å². The van der Waals surface area contributed by atoms with Crippen molar-refractivity contribution in [1.29, 1.82) is 0 Å². The first-order valence-electron chi connectivity index (χ1n) is 12.2. The highest BCUT2D eigenvalue weighted by atomic mass is 32.2. The fourth-order valence-corrected chi connectivity index (χ4v) is 5.17. The molecule has 2 unspecified atom stereocenters. The number of rotatable bonds is 11. The Balaban J connectivity index is 1.36. The quantitative estimate of drug-likeness (QED) is 0.269.